The molecular weight excluding hydrogens is 290 g/mol. The molecule has 0 bridgehead atoms. The minimum atomic E-state index is 0.693. The van der Waals surface area contributed by atoms with Crippen molar-refractivity contribution < 1.29 is 4.74 Å². The smallest absolute Gasteiger partial charge is 0.129 e. The number of ether oxygens (including phenoxy) is 1. The van der Waals surface area contributed by atoms with Crippen molar-refractivity contribution in [3.05, 3.63) is 77.9 Å². The summed E-state index contributed by atoms with van der Waals surface area (Å²) >= 11 is 5.51. The molecule has 22 heavy (non-hydrogen) atoms. The Morgan fingerprint density at radius 1 is 0.955 bits per heavy atom. The Morgan fingerprint density at radius 2 is 1.68 bits per heavy atom. The summed E-state index contributed by atoms with van der Waals surface area (Å²) in [5.74, 6) is 0.790. The van der Waals surface area contributed by atoms with E-state index in [1.165, 1.54) is 16.3 Å². The third-order valence-corrected chi connectivity index (χ3v) is 4.04. The van der Waals surface area contributed by atoms with Crippen LogP contribution in [-0.4, -0.2) is 12.1 Å². The van der Waals surface area contributed by atoms with Crippen LogP contribution in [0.1, 0.15) is 11.1 Å². The van der Waals surface area contributed by atoms with Gasteiger partial charge in [0.15, 0.2) is 0 Å². The lowest BCUT2D eigenvalue weighted by molar-refractivity contribution is 0.414. The summed E-state index contributed by atoms with van der Waals surface area (Å²) in [7, 11) is 1.66. The molecule has 0 saturated heterocycles. The minimum absolute atomic E-state index is 0.693. The zero-order valence-corrected chi connectivity index (χ0v) is 13.2. The Bertz CT molecular complexity index is 808. The lowest BCUT2D eigenvalue weighted by Crippen LogP contribution is -2.22. The molecule has 0 fully saturated rings. The Hall–Kier alpha value is -2.39. The van der Waals surface area contributed by atoms with Crippen LogP contribution < -0.4 is 10.1 Å². The third-order valence-electron chi connectivity index (χ3n) is 3.67. The van der Waals surface area contributed by atoms with E-state index in [1.54, 1.807) is 7.11 Å². The number of rotatable bonds is 4. The van der Waals surface area contributed by atoms with Gasteiger partial charge in [-0.2, -0.15) is 0 Å². The Kier molecular flexibility index (Phi) is 4.35. The number of thiocarbonyl (C=S) groups is 1. The van der Waals surface area contributed by atoms with Crippen molar-refractivity contribution in [1.82, 2.24) is 5.32 Å². The van der Waals surface area contributed by atoms with Crippen LogP contribution in [0.25, 0.3) is 10.8 Å². The van der Waals surface area contributed by atoms with Crippen molar-refractivity contribution in [2.45, 2.75) is 6.54 Å². The second-order valence-corrected chi connectivity index (χ2v) is 5.43. The van der Waals surface area contributed by atoms with Gasteiger partial charge in [0.2, 0.25) is 0 Å². The van der Waals surface area contributed by atoms with Gasteiger partial charge in [-0.3, -0.25) is 0 Å². The number of fused-ring (bicyclic) bond motifs is 1. The topological polar surface area (TPSA) is 21.3 Å². The summed E-state index contributed by atoms with van der Waals surface area (Å²) in [4.78, 5) is 0.699. The second kappa shape index (κ2) is 6.58. The first-order valence-electron chi connectivity index (χ1n) is 7.17. The van der Waals surface area contributed by atoms with Crippen LogP contribution in [-0.2, 0) is 6.54 Å². The number of nitrogens with one attached hydrogen (secondary N) is 1. The molecule has 3 aromatic carbocycles. The van der Waals surface area contributed by atoms with Gasteiger partial charge in [0.1, 0.15) is 10.7 Å². The summed E-state index contributed by atoms with van der Waals surface area (Å²) in [6.45, 7) is 0.693. The first kappa shape index (κ1) is 14.5. The molecule has 0 aliphatic carbocycles. The molecule has 0 radical (unpaired) electrons. The van der Waals surface area contributed by atoms with Gasteiger partial charge in [0, 0.05) is 6.54 Å². The fourth-order valence-corrected chi connectivity index (χ4v) is 2.79. The fraction of sp³-hybridized carbons (Fsp3) is 0.105. The molecule has 0 aromatic heterocycles. The van der Waals surface area contributed by atoms with Crippen LogP contribution in [0, 0.1) is 0 Å². The summed E-state index contributed by atoms with van der Waals surface area (Å²) < 4.78 is 5.36. The molecule has 3 rings (SSSR count). The van der Waals surface area contributed by atoms with E-state index in [9.17, 15) is 0 Å². The summed E-state index contributed by atoms with van der Waals surface area (Å²) in [6, 6.07) is 22.5. The summed E-state index contributed by atoms with van der Waals surface area (Å²) in [5.41, 5.74) is 2.15. The van der Waals surface area contributed by atoms with Gasteiger partial charge < -0.3 is 10.1 Å². The number of para-hydroxylation sites is 1. The molecule has 0 aliphatic rings. The van der Waals surface area contributed by atoms with Crippen molar-refractivity contribution in [2.24, 2.45) is 0 Å². The molecular formula is C19H17NOS. The highest BCUT2D eigenvalue weighted by Gasteiger charge is 2.08. The fourth-order valence-electron chi connectivity index (χ4n) is 2.55. The van der Waals surface area contributed by atoms with Crippen LogP contribution >= 0.6 is 12.2 Å². The molecule has 0 atom stereocenters. The quantitative estimate of drug-likeness (QED) is 0.726. The SMILES string of the molecule is COc1ccccc1C(=S)NCc1cccc2ccccc12. The maximum absolute atomic E-state index is 5.51. The van der Waals surface area contributed by atoms with Gasteiger partial charge >= 0.3 is 0 Å². The predicted octanol–water partition coefficient (Wildman–Crippen LogP) is 4.31. The molecule has 0 spiro atoms. The van der Waals surface area contributed by atoms with E-state index >= 15 is 0 Å². The normalized spacial score (nSPS) is 10.4. The van der Waals surface area contributed by atoms with Crippen molar-refractivity contribution in [1.29, 1.82) is 0 Å². The van der Waals surface area contributed by atoms with Crippen LogP contribution in [0.5, 0.6) is 5.75 Å². The van der Waals surface area contributed by atoms with Crippen LogP contribution in [0.2, 0.25) is 0 Å². The largest absolute Gasteiger partial charge is 0.496 e. The highest BCUT2D eigenvalue weighted by molar-refractivity contribution is 7.80. The van der Waals surface area contributed by atoms with E-state index in [1.807, 2.05) is 24.3 Å². The van der Waals surface area contributed by atoms with Gasteiger partial charge in [-0.05, 0) is 28.5 Å². The standard InChI is InChI=1S/C19H17NOS/c1-21-18-12-5-4-11-17(18)19(22)20-13-15-9-6-8-14-7-2-3-10-16(14)15/h2-12H,13H2,1H3,(H,20,22). The molecule has 0 heterocycles. The molecule has 1 N–H and O–H groups in total. The molecule has 0 amide bonds. The zero-order valence-electron chi connectivity index (χ0n) is 12.4. The number of hydrogen-bond acceptors (Lipinski definition) is 2. The van der Waals surface area contributed by atoms with E-state index in [2.05, 4.69) is 47.8 Å². The Labute approximate surface area is 135 Å². The highest BCUT2D eigenvalue weighted by atomic mass is 32.1. The van der Waals surface area contributed by atoms with Crippen molar-refractivity contribution in [3.8, 4) is 5.75 Å². The van der Waals surface area contributed by atoms with E-state index < -0.39 is 0 Å². The van der Waals surface area contributed by atoms with Crippen molar-refractivity contribution in [2.75, 3.05) is 7.11 Å². The van der Waals surface area contributed by atoms with Gasteiger partial charge in [-0.15, -0.1) is 0 Å². The molecule has 2 nitrogen and oxygen atoms in total. The van der Waals surface area contributed by atoms with E-state index in [-0.39, 0.29) is 0 Å². The zero-order chi connectivity index (χ0) is 15.4. The first-order chi connectivity index (χ1) is 10.8. The van der Waals surface area contributed by atoms with Gasteiger partial charge in [0.25, 0.3) is 0 Å². The minimum Gasteiger partial charge on any atom is -0.496 e. The lowest BCUT2D eigenvalue weighted by Gasteiger charge is -2.13. The summed E-state index contributed by atoms with van der Waals surface area (Å²) in [5, 5.41) is 5.82. The molecule has 3 aromatic rings. The molecule has 3 heteroatoms. The predicted molar refractivity (Wildman–Crippen MR) is 95.5 cm³/mol. The molecule has 0 saturated carbocycles. The van der Waals surface area contributed by atoms with E-state index in [0.717, 1.165) is 11.3 Å². The van der Waals surface area contributed by atoms with Crippen molar-refractivity contribution in [3.63, 3.8) is 0 Å². The second-order valence-electron chi connectivity index (χ2n) is 5.02. The van der Waals surface area contributed by atoms with Crippen LogP contribution in [0.4, 0.5) is 0 Å². The Morgan fingerprint density at radius 3 is 2.55 bits per heavy atom. The van der Waals surface area contributed by atoms with Crippen LogP contribution in [0.3, 0.4) is 0 Å². The van der Waals surface area contributed by atoms with Gasteiger partial charge in [-0.25, -0.2) is 0 Å². The molecule has 110 valence electrons. The first-order valence-corrected chi connectivity index (χ1v) is 7.58. The molecule has 0 aliphatic heterocycles. The van der Waals surface area contributed by atoms with E-state index in [4.69, 9.17) is 17.0 Å². The van der Waals surface area contributed by atoms with Gasteiger partial charge in [0.05, 0.1) is 12.7 Å². The number of hydrogen-bond donors (Lipinski definition) is 1. The average Bonchev–Trinajstić information content (AvgIpc) is 2.59. The highest BCUT2D eigenvalue weighted by Crippen LogP contribution is 2.20. The Balaban J connectivity index is 1.81. The lowest BCUT2D eigenvalue weighted by atomic mass is 10.0. The number of benzene rings is 3. The number of methoxy groups -OCH3 is 1. The maximum Gasteiger partial charge on any atom is 0.129 e. The summed E-state index contributed by atoms with van der Waals surface area (Å²) in [6.07, 6.45) is 0. The maximum atomic E-state index is 5.51. The van der Waals surface area contributed by atoms with E-state index in [0.29, 0.717) is 11.5 Å². The van der Waals surface area contributed by atoms with Gasteiger partial charge in [-0.1, -0.05) is 66.8 Å². The van der Waals surface area contributed by atoms with Crippen LogP contribution in [0.15, 0.2) is 66.7 Å². The monoisotopic (exact) mass is 307 g/mol. The molecule has 0 unspecified atom stereocenters. The third kappa shape index (κ3) is 2.95. The average molecular weight is 307 g/mol. The van der Waals surface area contributed by atoms with Crippen molar-refractivity contribution >= 4 is 28.0 Å².